The van der Waals surface area contributed by atoms with E-state index in [-0.39, 0.29) is 19.0 Å². The van der Waals surface area contributed by atoms with Gasteiger partial charge in [0.25, 0.3) is 5.91 Å². The zero-order chi connectivity index (χ0) is 20.1. The van der Waals surface area contributed by atoms with Gasteiger partial charge in [-0.05, 0) is 30.3 Å². The molecule has 1 fully saturated rings. The summed E-state index contributed by atoms with van der Waals surface area (Å²) in [5.41, 5.74) is 1.26. The summed E-state index contributed by atoms with van der Waals surface area (Å²) in [5, 5.41) is 7.47. The van der Waals surface area contributed by atoms with Crippen molar-refractivity contribution in [3.8, 4) is 5.75 Å². The number of hydrogen-bond donors (Lipinski definition) is 3. The molecule has 3 rings (SSSR count). The number of carbonyl (C=O) groups excluding carboxylic acids is 4. The van der Waals surface area contributed by atoms with E-state index in [1.165, 1.54) is 7.11 Å². The van der Waals surface area contributed by atoms with E-state index >= 15 is 0 Å². The van der Waals surface area contributed by atoms with Gasteiger partial charge in [0.2, 0.25) is 11.8 Å². The van der Waals surface area contributed by atoms with Crippen LogP contribution in [-0.4, -0.2) is 48.9 Å². The Kier molecular flexibility index (Phi) is 5.54. The first-order chi connectivity index (χ1) is 13.5. The molecule has 0 unspecified atom stereocenters. The lowest BCUT2D eigenvalue weighted by Crippen LogP contribution is -2.35. The van der Waals surface area contributed by atoms with Gasteiger partial charge in [0.15, 0.2) is 0 Å². The average Bonchev–Trinajstić information content (AvgIpc) is 2.99. The second kappa shape index (κ2) is 8.21. The Morgan fingerprint density at radius 1 is 1.11 bits per heavy atom. The molecule has 5 amide bonds. The number of rotatable bonds is 6. The molecule has 0 aromatic heterocycles. The van der Waals surface area contributed by atoms with Gasteiger partial charge in [-0.3, -0.25) is 19.7 Å². The van der Waals surface area contributed by atoms with Crippen LogP contribution in [0.15, 0.2) is 48.5 Å². The third-order valence-electron chi connectivity index (χ3n) is 3.97. The number of ether oxygens (including phenoxy) is 1. The first kappa shape index (κ1) is 18.9. The van der Waals surface area contributed by atoms with Gasteiger partial charge < -0.3 is 20.3 Å². The number of amides is 5. The van der Waals surface area contributed by atoms with Crippen molar-refractivity contribution in [2.75, 3.05) is 30.8 Å². The van der Waals surface area contributed by atoms with E-state index in [0.29, 0.717) is 22.7 Å². The van der Waals surface area contributed by atoms with E-state index in [1.807, 2.05) is 6.07 Å². The Morgan fingerprint density at radius 2 is 1.86 bits per heavy atom. The largest absolute Gasteiger partial charge is 0.495 e. The average molecular weight is 382 g/mol. The Morgan fingerprint density at radius 3 is 2.50 bits per heavy atom. The van der Waals surface area contributed by atoms with Crippen LogP contribution in [0.5, 0.6) is 5.75 Å². The summed E-state index contributed by atoms with van der Waals surface area (Å²) < 4.78 is 5.25. The van der Waals surface area contributed by atoms with Crippen molar-refractivity contribution in [2.45, 2.75) is 0 Å². The predicted molar refractivity (Wildman–Crippen MR) is 101 cm³/mol. The van der Waals surface area contributed by atoms with Crippen LogP contribution < -0.4 is 20.7 Å². The van der Waals surface area contributed by atoms with Crippen LogP contribution in [0, 0.1) is 0 Å². The van der Waals surface area contributed by atoms with E-state index in [0.717, 1.165) is 4.90 Å². The number of nitrogens with zero attached hydrogens (tertiary/aromatic N) is 1. The Balaban J connectivity index is 1.70. The molecular weight excluding hydrogens is 364 g/mol. The third kappa shape index (κ3) is 4.44. The molecule has 1 heterocycles. The fourth-order valence-electron chi connectivity index (χ4n) is 2.65. The van der Waals surface area contributed by atoms with Crippen molar-refractivity contribution in [1.82, 2.24) is 10.2 Å². The SMILES string of the molecule is COc1ccc(NC(=O)CN2CC(=O)NC2=O)cc1NC(=O)c1ccccc1. The second-order valence-corrected chi connectivity index (χ2v) is 5.99. The van der Waals surface area contributed by atoms with Gasteiger partial charge in [-0.1, -0.05) is 18.2 Å². The number of hydrogen-bond acceptors (Lipinski definition) is 5. The minimum Gasteiger partial charge on any atom is -0.495 e. The molecule has 0 aliphatic carbocycles. The van der Waals surface area contributed by atoms with Crippen LogP contribution in [-0.2, 0) is 9.59 Å². The van der Waals surface area contributed by atoms with Gasteiger partial charge in [0, 0.05) is 11.3 Å². The molecule has 1 aliphatic heterocycles. The highest BCUT2D eigenvalue weighted by Crippen LogP contribution is 2.28. The van der Waals surface area contributed by atoms with Crippen molar-refractivity contribution in [1.29, 1.82) is 0 Å². The molecule has 0 spiro atoms. The summed E-state index contributed by atoms with van der Waals surface area (Å²) in [5.74, 6) is -0.829. The highest BCUT2D eigenvalue weighted by molar-refractivity contribution is 6.06. The van der Waals surface area contributed by atoms with Crippen molar-refractivity contribution in [3.05, 3.63) is 54.1 Å². The monoisotopic (exact) mass is 382 g/mol. The lowest BCUT2D eigenvalue weighted by Gasteiger charge is -2.15. The van der Waals surface area contributed by atoms with Crippen LogP contribution in [0.4, 0.5) is 16.2 Å². The number of urea groups is 1. The molecule has 0 atom stereocenters. The number of nitrogens with one attached hydrogen (secondary N) is 3. The van der Waals surface area contributed by atoms with Gasteiger partial charge in [-0.25, -0.2) is 4.79 Å². The Labute approximate surface area is 160 Å². The van der Waals surface area contributed by atoms with Crippen molar-refractivity contribution in [2.24, 2.45) is 0 Å². The lowest BCUT2D eigenvalue weighted by atomic mass is 10.2. The molecule has 0 bridgehead atoms. The van der Waals surface area contributed by atoms with Crippen LogP contribution >= 0.6 is 0 Å². The molecule has 3 N–H and O–H groups in total. The van der Waals surface area contributed by atoms with Gasteiger partial charge in [0.1, 0.15) is 18.8 Å². The molecule has 9 nitrogen and oxygen atoms in total. The van der Waals surface area contributed by atoms with Crippen LogP contribution in [0.2, 0.25) is 0 Å². The molecule has 28 heavy (non-hydrogen) atoms. The van der Waals surface area contributed by atoms with Crippen LogP contribution in [0.25, 0.3) is 0 Å². The minimum absolute atomic E-state index is 0.159. The molecule has 0 radical (unpaired) electrons. The highest BCUT2D eigenvalue weighted by Gasteiger charge is 2.28. The molecule has 1 aliphatic rings. The normalized spacial score (nSPS) is 13.1. The highest BCUT2D eigenvalue weighted by atomic mass is 16.5. The van der Waals surface area contributed by atoms with E-state index in [1.54, 1.807) is 42.5 Å². The first-order valence-corrected chi connectivity index (χ1v) is 8.39. The standard InChI is InChI=1S/C19H18N4O5/c1-28-15-8-7-13(20-16(24)10-23-11-17(25)22-19(23)27)9-14(15)21-18(26)12-5-3-2-4-6-12/h2-9H,10-11H2,1H3,(H,20,24)(H,21,26)(H,22,25,27). The maximum absolute atomic E-state index is 12.4. The van der Waals surface area contributed by atoms with E-state index < -0.39 is 17.8 Å². The summed E-state index contributed by atoms with van der Waals surface area (Å²) >= 11 is 0. The van der Waals surface area contributed by atoms with E-state index in [2.05, 4.69) is 16.0 Å². The smallest absolute Gasteiger partial charge is 0.325 e. The number of carbonyl (C=O) groups is 4. The van der Waals surface area contributed by atoms with Crippen molar-refractivity contribution in [3.63, 3.8) is 0 Å². The number of methoxy groups -OCH3 is 1. The van der Waals surface area contributed by atoms with Gasteiger partial charge >= 0.3 is 6.03 Å². The minimum atomic E-state index is -0.606. The fraction of sp³-hybridized carbons (Fsp3) is 0.158. The lowest BCUT2D eigenvalue weighted by molar-refractivity contribution is -0.119. The molecule has 0 saturated carbocycles. The maximum Gasteiger partial charge on any atom is 0.325 e. The van der Waals surface area contributed by atoms with Gasteiger partial charge in [-0.2, -0.15) is 0 Å². The molecule has 2 aromatic carbocycles. The number of anilines is 2. The molecule has 144 valence electrons. The van der Waals surface area contributed by atoms with Crippen molar-refractivity contribution >= 4 is 35.1 Å². The number of imide groups is 1. The van der Waals surface area contributed by atoms with Gasteiger partial charge in [-0.15, -0.1) is 0 Å². The van der Waals surface area contributed by atoms with Crippen LogP contribution in [0.3, 0.4) is 0 Å². The van der Waals surface area contributed by atoms with E-state index in [9.17, 15) is 19.2 Å². The summed E-state index contributed by atoms with van der Waals surface area (Å²) in [6.45, 7) is -0.428. The Hall–Kier alpha value is -3.88. The zero-order valence-electron chi connectivity index (χ0n) is 15.0. The summed E-state index contributed by atoms with van der Waals surface area (Å²) in [7, 11) is 1.47. The molecule has 9 heteroatoms. The van der Waals surface area contributed by atoms with E-state index in [4.69, 9.17) is 4.74 Å². The maximum atomic E-state index is 12.4. The topological polar surface area (TPSA) is 117 Å². The summed E-state index contributed by atoms with van der Waals surface area (Å²) in [6, 6.07) is 12.8. The zero-order valence-corrected chi connectivity index (χ0v) is 15.0. The molecule has 1 saturated heterocycles. The predicted octanol–water partition coefficient (Wildman–Crippen LogP) is 1.44. The quantitative estimate of drug-likeness (QED) is 0.654. The Bertz CT molecular complexity index is 929. The summed E-state index contributed by atoms with van der Waals surface area (Å²) in [6.07, 6.45) is 0. The fourth-order valence-corrected chi connectivity index (χ4v) is 2.65. The summed E-state index contributed by atoms with van der Waals surface area (Å²) in [4.78, 5) is 48.3. The second-order valence-electron chi connectivity index (χ2n) is 5.99. The first-order valence-electron chi connectivity index (χ1n) is 8.39. The van der Waals surface area contributed by atoms with Crippen LogP contribution in [0.1, 0.15) is 10.4 Å². The number of benzene rings is 2. The van der Waals surface area contributed by atoms with Gasteiger partial charge in [0.05, 0.1) is 12.8 Å². The molecule has 2 aromatic rings. The van der Waals surface area contributed by atoms with Crippen molar-refractivity contribution < 1.29 is 23.9 Å². The molecular formula is C19H18N4O5. The third-order valence-corrected chi connectivity index (χ3v) is 3.97.